The number of pyridine rings is 1. The number of piperidine rings is 1. The molecule has 11 nitrogen and oxygen atoms in total. The topological polar surface area (TPSA) is 132 Å². The van der Waals surface area contributed by atoms with Gasteiger partial charge in [-0.05, 0) is 66.5 Å². The standard InChI is InChI=1S/C20H26N7O4/c28-19(15-3-1-13(2-4-15)9-25-12-21-22-23-25)24-8-14-7-16(11-24)17-5-6-18(27(30)31)20(29)26(17)10-14/h5-6,12-16,30H,1-4,7-11H2/q-1. The van der Waals surface area contributed by atoms with Crippen molar-refractivity contribution < 1.29 is 10.0 Å². The van der Waals surface area contributed by atoms with Crippen LogP contribution in [0.1, 0.15) is 43.7 Å². The lowest BCUT2D eigenvalue weighted by atomic mass is 9.79. The molecule has 2 fully saturated rings. The van der Waals surface area contributed by atoms with E-state index in [0.717, 1.165) is 44.3 Å². The minimum absolute atomic E-state index is 0.0527. The second-order valence-electron chi connectivity index (χ2n) is 9.12. The Bertz CT molecular complexity index is 997. The number of rotatable bonds is 4. The van der Waals surface area contributed by atoms with Crippen LogP contribution in [0.2, 0.25) is 0 Å². The van der Waals surface area contributed by atoms with Gasteiger partial charge in [0.15, 0.2) is 0 Å². The Balaban J connectivity index is 1.24. The van der Waals surface area contributed by atoms with E-state index in [1.165, 1.54) is 6.07 Å². The fourth-order valence-corrected chi connectivity index (χ4v) is 5.64. The van der Waals surface area contributed by atoms with Crippen molar-refractivity contribution in [3.63, 3.8) is 0 Å². The highest BCUT2D eigenvalue weighted by Gasteiger charge is 2.39. The molecule has 5 rings (SSSR count). The third kappa shape index (κ3) is 3.83. The van der Waals surface area contributed by atoms with E-state index in [0.29, 0.717) is 25.6 Å². The summed E-state index contributed by atoms with van der Waals surface area (Å²) in [5.41, 5.74) is 0.106. The maximum Gasteiger partial charge on any atom is 0.275 e. The Kier molecular flexibility index (Phi) is 5.22. The number of nitrogens with zero attached hydrogens (tertiary/aromatic N) is 7. The fourth-order valence-electron chi connectivity index (χ4n) is 5.64. The van der Waals surface area contributed by atoms with Crippen LogP contribution in [-0.4, -0.2) is 53.9 Å². The highest BCUT2D eigenvalue weighted by Crippen LogP contribution is 2.38. The molecule has 1 saturated carbocycles. The fraction of sp³-hybridized carbons (Fsp3) is 0.650. The van der Waals surface area contributed by atoms with Crippen LogP contribution in [-0.2, 0) is 17.9 Å². The highest BCUT2D eigenvalue weighted by molar-refractivity contribution is 5.79. The number of carbonyl (C=O) groups excluding carboxylic acids is 1. The number of amides is 1. The Labute approximate surface area is 178 Å². The number of hydrogen-bond acceptors (Lipinski definition) is 8. The average Bonchev–Trinajstić information content (AvgIpc) is 3.27. The van der Waals surface area contributed by atoms with Crippen molar-refractivity contribution >= 4 is 11.6 Å². The lowest BCUT2D eigenvalue weighted by Crippen LogP contribution is -2.51. The van der Waals surface area contributed by atoms with E-state index in [1.54, 1.807) is 21.6 Å². The molecule has 11 heteroatoms. The zero-order chi connectivity index (χ0) is 21.5. The number of fused-ring (bicyclic) bond motifs is 4. The van der Waals surface area contributed by atoms with Crippen LogP contribution in [0.3, 0.4) is 0 Å². The van der Waals surface area contributed by atoms with Gasteiger partial charge in [0.2, 0.25) is 5.91 Å². The van der Waals surface area contributed by atoms with Crippen molar-refractivity contribution in [1.29, 1.82) is 0 Å². The van der Waals surface area contributed by atoms with Gasteiger partial charge in [0.1, 0.15) is 12.0 Å². The largest absolute Gasteiger partial charge is 0.733 e. The monoisotopic (exact) mass is 428 g/mol. The zero-order valence-electron chi connectivity index (χ0n) is 17.2. The second-order valence-corrected chi connectivity index (χ2v) is 9.12. The predicted octanol–water partition coefficient (Wildman–Crippen LogP) is 0.981. The van der Waals surface area contributed by atoms with Crippen molar-refractivity contribution in [2.75, 3.05) is 18.3 Å². The van der Waals surface area contributed by atoms with Crippen molar-refractivity contribution in [3.8, 4) is 0 Å². The summed E-state index contributed by atoms with van der Waals surface area (Å²) in [5.74, 6) is 1.03. The Hall–Kier alpha value is -2.79. The molecule has 2 unspecified atom stereocenters. The summed E-state index contributed by atoms with van der Waals surface area (Å²) < 4.78 is 3.35. The molecule has 2 aliphatic heterocycles. The molecule has 166 valence electrons. The molecule has 0 aromatic carbocycles. The normalized spacial score (nSPS) is 27.6. The Morgan fingerprint density at radius 2 is 2.00 bits per heavy atom. The molecular weight excluding hydrogens is 402 g/mol. The first-order chi connectivity index (χ1) is 15.0. The third-order valence-electron chi connectivity index (χ3n) is 7.13. The summed E-state index contributed by atoms with van der Waals surface area (Å²) in [6.07, 6.45) is 6.31. The molecule has 1 aliphatic carbocycles. The number of aromatic nitrogens is 5. The smallest absolute Gasteiger partial charge is 0.275 e. The van der Waals surface area contributed by atoms with E-state index in [9.17, 15) is 14.8 Å². The number of carbonyl (C=O) groups is 1. The van der Waals surface area contributed by atoms with E-state index in [1.807, 2.05) is 4.90 Å². The van der Waals surface area contributed by atoms with Crippen LogP contribution in [0.4, 0.5) is 5.69 Å². The summed E-state index contributed by atoms with van der Waals surface area (Å²) in [6, 6.07) is 3.10. The quantitative estimate of drug-likeness (QED) is 0.713. The highest BCUT2D eigenvalue weighted by atomic mass is 16.8. The van der Waals surface area contributed by atoms with Crippen molar-refractivity contribution in [3.05, 3.63) is 39.7 Å². The molecule has 1 amide bonds. The van der Waals surface area contributed by atoms with Crippen LogP contribution in [0.25, 0.3) is 0 Å². The van der Waals surface area contributed by atoms with Gasteiger partial charge in [0.05, 0.1) is 0 Å². The minimum atomic E-state index is -0.467. The van der Waals surface area contributed by atoms with Gasteiger partial charge in [-0.2, -0.15) is 0 Å². The Morgan fingerprint density at radius 3 is 2.71 bits per heavy atom. The van der Waals surface area contributed by atoms with Gasteiger partial charge in [0, 0.05) is 43.7 Å². The summed E-state index contributed by atoms with van der Waals surface area (Å²) in [5, 5.41) is 31.3. The molecule has 4 heterocycles. The van der Waals surface area contributed by atoms with E-state index < -0.39 is 5.56 Å². The predicted molar refractivity (Wildman–Crippen MR) is 109 cm³/mol. The maximum absolute atomic E-state index is 13.3. The molecule has 31 heavy (non-hydrogen) atoms. The lowest BCUT2D eigenvalue weighted by Gasteiger charge is -2.44. The van der Waals surface area contributed by atoms with Gasteiger partial charge < -0.3 is 19.9 Å². The van der Waals surface area contributed by atoms with E-state index in [4.69, 9.17) is 5.21 Å². The molecular formula is C20H26N7O4-. The summed E-state index contributed by atoms with van der Waals surface area (Å²) in [4.78, 5) is 27.8. The van der Waals surface area contributed by atoms with Gasteiger partial charge in [-0.3, -0.25) is 14.8 Å². The Morgan fingerprint density at radius 1 is 1.19 bits per heavy atom. The lowest BCUT2D eigenvalue weighted by molar-refractivity contribution is -0.139. The third-order valence-corrected chi connectivity index (χ3v) is 7.13. The number of tetrazole rings is 1. The second kappa shape index (κ2) is 8.04. The SMILES string of the molecule is O=C(C1CCC(Cn2cnnn2)CC1)N1CC2CC(C1)c1ccc(N([O-])O)c(=O)n1C2. The van der Waals surface area contributed by atoms with Crippen molar-refractivity contribution in [1.82, 2.24) is 29.7 Å². The summed E-state index contributed by atoms with van der Waals surface area (Å²) in [6.45, 7) is 2.49. The van der Waals surface area contributed by atoms with Crippen molar-refractivity contribution in [2.45, 2.75) is 51.1 Å². The van der Waals surface area contributed by atoms with E-state index >= 15 is 0 Å². The number of anilines is 1. The molecule has 1 N–H and O–H groups in total. The van der Waals surface area contributed by atoms with E-state index in [-0.39, 0.29) is 34.6 Å². The zero-order valence-corrected chi connectivity index (χ0v) is 17.2. The molecule has 2 atom stereocenters. The van der Waals surface area contributed by atoms with Crippen LogP contribution in [0.15, 0.2) is 23.3 Å². The van der Waals surface area contributed by atoms with Gasteiger partial charge in [0.25, 0.3) is 5.56 Å². The van der Waals surface area contributed by atoms with Gasteiger partial charge >= 0.3 is 0 Å². The molecule has 2 aromatic rings. The first-order valence-corrected chi connectivity index (χ1v) is 10.9. The first-order valence-electron chi connectivity index (χ1n) is 10.9. The number of likely N-dealkylation sites (tertiary alicyclic amines) is 1. The molecule has 2 aromatic heterocycles. The van der Waals surface area contributed by atoms with Gasteiger partial charge in [-0.1, -0.05) is 0 Å². The van der Waals surface area contributed by atoms with Gasteiger partial charge in [-0.15, -0.1) is 5.10 Å². The summed E-state index contributed by atoms with van der Waals surface area (Å²) in [7, 11) is 0. The van der Waals surface area contributed by atoms with Gasteiger partial charge in [-0.25, -0.2) is 4.68 Å². The molecule has 0 spiro atoms. The molecule has 2 bridgehead atoms. The molecule has 3 aliphatic rings. The minimum Gasteiger partial charge on any atom is -0.733 e. The van der Waals surface area contributed by atoms with Crippen LogP contribution >= 0.6 is 0 Å². The first kappa shape index (κ1) is 20.1. The maximum atomic E-state index is 13.3. The van der Waals surface area contributed by atoms with Crippen LogP contribution < -0.4 is 10.8 Å². The summed E-state index contributed by atoms with van der Waals surface area (Å²) >= 11 is 0. The average molecular weight is 428 g/mol. The number of hydrogen-bond donors (Lipinski definition) is 1. The van der Waals surface area contributed by atoms with Crippen LogP contribution in [0.5, 0.6) is 0 Å². The molecule has 0 radical (unpaired) electrons. The van der Waals surface area contributed by atoms with Crippen LogP contribution in [0, 0.1) is 23.0 Å². The van der Waals surface area contributed by atoms with E-state index in [2.05, 4.69) is 15.5 Å². The van der Waals surface area contributed by atoms with Crippen molar-refractivity contribution in [2.24, 2.45) is 17.8 Å². The molecule has 1 saturated heterocycles.